The molecule has 0 radical (unpaired) electrons. The quantitative estimate of drug-likeness (QED) is 0.863. The van der Waals surface area contributed by atoms with Crippen LogP contribution in [0.3, 0.4) is 0 Å². The molecule has 4 heteroatoms. The van der Waals surface area contributed by atoms with E-state index in [0.29, 0.717) is 15.6 Å². The molecule has 2 nitrogen and oxygen atoms in total. The lowest BCUT2D eigenvalue weighted by atomic mass is 10.0. The zero-order valence-corrected chi connectivity index (χ0v) is 12.8. The first-order valence-electron chi connectivity index (χ1n) is 6.24. The molecule has 0 saturated heterocycles. The molecule has 0 aliphatic heterocycles. The van der Waals surface area contributed by atoms with Gasteiger partial charge in [-0.25, -0.2) is 4.39 Å². The molecule has 0 heterocycles. The normalized spacial score (nSPS) is 11.8. The molecule has 0 aliphatic rings. The molecular formula is C16H14BrFN2. The van der Waals surface area contributed by atoms with E-state index in [4.69, 9.17) is 0 Å². The van der Waals surface area contributed by atoms with E-state index in [-0.39, 0.29) is 11.9 Å². The minimum atomic E-state index is -0.273. The summed E-state index contributed by atoms with van der Waals surface area (Å²) in [6.07, 6.45) is 0. The second-order valence-corrected chi connectivity index (χ2v) is 5.56. The molecule has 0 saturated carbocycles. The molecule has 0 aliphatic carbocycles. The summed E-state index contributed by atoms with van der Waals surface area (Å²) in [5.74, 6) is -0.273. The Bertz CT molecular complexity index is 677. The van der Waals surface area contributed by atoms with Gasteiger partial charge in [0.1, 0.15) is 11.9 Å². The molecule has 1 unspecified atom stereocenters. The van der Waals surface area contributed by atoms with Gasteiger partial charge in [0.25, 0.3) is 0 Å². The number of aryl methyl sites for hydroxylation is 1. The van der Waals surface area contributed by atoms with E-state index in [9.17, 15) is 9.65 Å². The van der Waals surface area contributed by atoms with E-state index >= 15 is 0 Å². The van der Waals surface area contributed by atoms with Crippen LogP contribution in [0.2, 0.25) is 0 Å². The van der Waals surface area contributed by atoms with E-state index in [2.05, 4.69) is 27.3 Å². The Balaban J connectivity index is 2.31. The first-order valence-corrected chi connectivity index (χ1v) is 7.03. The Hall–Kier alpha value is -1.86. The summed E-state index contributed by atoms with van der Waals surface area (Å²) >= 11 is 3.24. The highest BCUT2D eigenvalue weighted by molar-refractivity contribution is 9.10. The Morgan fingerprint density at radius 3 is 2.70 bits per heavy atom. The number of nitriles is 1. The number of halogens is 2. The summed E-state index contributed by atoms with van der Waals surface area (Å²) in [5, 5.41) is 12.4. The van der Waals surface area contributed by atoms with Crippen molar-refractivity contribution in [3.8, 4) is 6.07 Å². The van der Waals surface area contributed by atoms with Gasteiger partial charge in [-0.05, 0) is 37.6 Å². The van der Waals surface area contributed by atoms with Crippen LogP contribution in [-0.4, -0.2) is 0 Å². The van der Waals surface area contributed by atoms with E-state index in [1.54, 1.807) is 12.1 Å². The molecular weight excluding hydrogens is 319 g/mol. The summed E-state index contributed by atoms with van der Waals surface area (Å²) in [5.41, 5.74) is 2.79. The number of hydrogen-bond donors (Lipinski definition) is 1. The number of anilines is 1. The van der Waals surface area contributed by atoms with Gasteiger partial charge >= 0.3 is 0 Å². The lowest BCUT2D eigenvalue weighted by molar-refractivity contribution is 0.599. The Labute approximate surface area is 126 Å². The molecule has 2 aromatic carbocycles. The molecule has 0 amide bonds. The van der Waals surface area contributed by atoms with Gasteiger partial charge < -0.3 is 5.32 Å². The highest BCUT2D eigenvalue weighted by atomic mass is 79.9. The molecule has 0 bridgehead atoms. The fourth-order valence-corrected chi connectivity index (χ4v) is 2.43. The van der Waals surface area contributed by atoms with Gasteiger partial charge in [-0.15, -0.1) is 0 Å². The van der Waals surface area contributed by atoms with Gasteiger partial charge in [0.05, 0.1) is 17.3 Å². The number of nitrogens with zero attached hydrogens (tertiary/aromatic N) is 1. The van der Waals surface area contributed by atoms with Crippen LogP contribution < -0.4 is 5.32 Å². The van der Waals surface area contributed by atoms with Gasteiger partial charge in [0.15, 0.2) is 0 Å². The van der Waals surface area contributed by atoms with Gasteiger partial charge in [-0.1, -0.05) is 34.1 Å². The molecule has 1 N–H and O–H groups in total. The molecule has 0 spiro atoms. The average Bonchev–Trinajstić information content (AvgIpc) is 2.38. The van der Waals surface area contributed by atoms with Crippen molar-refractivity contribution in [2.75, 3.05) is 5.32 Å². The largest absolute Gasteiger partial charge is 0.377 e. The molecule has 20 heavy (non-hydrogen) atoms. The van der Waals surface area contributed by atoms with E-state index in [1.807, 2.05) is 32.0 Å². The maximum atomic E-state index is 13.9. The Morgan fingerprint density at radius 1 is 1.30 bits per heavy atom. The van der Waals surface area contributed by atoms with Crippen LogP contribution in [0.25, 0.3) is 0 Å². The second-order valence-electron chi connectivity index (χ2n) is 4.64. The molecule has 1 atom stereocenters. The van der Waals surface area contributed by atoms with E-state index in [0.717, 1.165) is 11.3 Å². The minimum Gasteiger partial charge on any atom is -0.377 e. The summed E-state index contributed by atoms with van der Waals surface area (Å²) in [4.78, 5) is 0. The third-order valence-electron chi connectivity index (χ3n) is 3.19. The summed E-state index contributed by atoms with van der Waals surface area (Å²) in [7, 11) is 0. The fourth-order valence-electron chi connectivity index (χ4n) is 2.10. The maximum Gasteiger partial charge on any atom is 0.129 e. The van der Waals surface area contributed by atoms with Crippen molar-refractivity contribution in [1.29, 1.82) is 5.26 Å². The number of rotatable bonds is 3. The van der Waals surface area contributed by atoms with Crippen molar-refractivity contribution in [3.63, 3.8) is 0 Å². The highest BCUT2D eigenvalue weighted by Gasteiger charge is 2.13. The van der Waals surface area contributed by atoms with Crippen molar-refractivity contribution >= 4 is 21.6 Å². The van der Waals surface area contributed by atoms with E-state index in [1.165, 1.54) is 6.07 Å². The van der Waals surface area contributed by atoms with Crippen molar-refractivity contribution in [2.45, 2.75) is 19.9 Å². The smallest absolute Gasteiger partial charge is 0.129 e. The highest BCUT2D eigenvalue weighted by Crippen LogP contribution is 2.26. The van der Waals surface area contributed by atoms with Crippen molar-refractivity contribution in [2.24, 2.45) is 0 Å². The third kappa shape index (κ3) is 3.00. The van der Waals surface area contributed by atoms with Crippen molar-refractivity contribution in [3.05, 3.63) is 63.4 Å². The van der Waals surface area contributed by atoms with Crippen LogP contribution in [0, 0.1) is 24.1 Å². The van der Waals surface area contributed by atoms with E-state index < -0.39 is 0 Å². The minimum absolute atomic E-state index is 0.225. The summed E-state index contributed by atoms with van der Waals surface area (Å²) in [6.45, 7) is 3.75. The third-order valence-corrected chi connectivity index (χ3v) is 3.68. The number of benzene rings is 2. The lowest BCUT2D eigenvalue weighted by Gasteiger charge is -2.18. The molecule has 0 fully saturated rings. The van der Waals surface area contributed by atoms with Crippen LogP contribution in [-0.2, 0) is 0 Å². The Kier molecular flexibility index (Phi) is 4.41. The van der Waals surface area contributed by atoms with Gasteiger partial charge in [-0.2, -0.15) is 5.26 Å². The van der Waals surface area contributed by atoms with Gasteiger partial charge in [-0.3, -0.25) is 0 Å². The predicted molar refractivity (Wildman–Crippen MR) is 82.0 cm³/mol. The van der Waals surface area contributed by atoms with Crippen LogP contribution in [0.4, 0.5) is 10.1 Å². The first kappa shape index (κ1) is 14.5. The monoisotopic (exact) mass is 332 g/mol. The van der Waals surface area contributed by atoms with Crippen molar-refractivity contribution < 1.29 is 4.39 Å². The summed E-state index contributed by atoms with van der Waals surface area (Å²) in [6, 6.07) is 12.5. The first-order chi connectivity index (χ1) is 9.52. The second kappa shape index (κ2) is 6.06. The molecule has 2 rings (SSSR count). The predicted octanol–water partition coefficient (Wildman–Crippen LogP) is 4.94. The van der Waals surface area contributed by atoms with Gasteiger partial charge in [0, 0.05) is 10.0 Å². The molecule has 2 aromatic rings. The van der Waals surface area contributed by atoms with Crippen molar-refractivity contribution in [1.82, 2.24) is 0 Å². The zero-order chi connectivity index (χ0) is 14.7. The number of nitrogens with one attached hydrogen (secondary N) is 1. The molecule has 102 valence electrons. The van der Waals surface area contributed by atoms with Crippen LogP contribution in [0.5, 0.6) is 0 Å². The van der Waals surface area contributed by atoms with Crippen LogP contribution >= 0.6 is 15.9 Å². The van der Waals surface area contributed by atoms with Crippen LogP contribution in [0.15, 0.2) is 40.9 Å². The van der Waals surface area contributed by atoms with Gasteiger partial charge in [0.2, 0.25) is 0 Å². The average molecular weight is 333 g/mol. The fraction of sp³-hybridized carbons (Fsp3) is 0.188. The number of hydrogen-bond acceptors (Lipinski definition) is 2. The Morgan fingerprint density at radius 2 is 2.05 bits per heavy atom. The SMILES string of the molecule is Cc1cccc(NC(C)c2ccc(Br)cc2F)c1C#N. The molecule has 0 aromatic heterocycles. The summed E-state index contributed by atoms with van der Waals surface area (Å²) < 4.78 is 14.6. The standard InChI is InChI=1S/C16H14BrFN2/c1-10-4-3-5-16(14(10)9-19)20-11(2)13-7-6-12(17)8-15(13)18/h3-8,11,20H,1-2H3. The maximum absolute atomic E-state index is 13.9. The topological polar surface area (TPSA) is 35.8 Å². The lowest BCUT2D eigenvalue weighted by Crippen LogP contribution is -2.10. The van der Waals surface area contributed by atoms with Crippen LogP contribution in [0.1, 0.15) is 29.7 Å². The zero-order valence-electron chi connectivity index (χ0n) is 11.2.